The Labute approximate surface area is 238 Å². The zero-order valence-corrected chi connectivity index (χ0v) is 22.8. The van der Waals surface area contributed by atoms with Gasteiger partial charge in [-0.1, -0.05) is 0 Å². The third kappa shape index (κ3) is 7.63. The zero-order chi connectivity index (χ0) is 31.0. The Kier molecular flexibility index (Phi) is 10.2. The Bertz CT molecular complexity index is 1580. The number of aryl methyl sites for hydroxylation is 2. The number of carbonyl (C=O) groups excluding carboxylic acids is 3. The molecule has 0 spiro atoms. The Hall–Kier alpha value is -5.38. The van der Waals surface area contributed by atoms with Gasteiger partial charge in [0.15, 0.2) is 11.5 Å². The molecule has 0 aliphatic heterocycles. The summed E-state index contributed by atoms with van der Waals surface area (Å²) in [6.45, 7) is 0.870. The van der Waals surface area contributed by atoms with Crippen molar-refractivity contribution in [1.29, 1.82) is 0 Å². The Balaban J connectivity index is 1.61. The van der Waals surface area contributed by atoms with E-state index in [2.05, 4.69) is 16.0 Å². The van der Waals surface area contributed by atoms with E-state index < -0.39 is 45.9 Å². The normalized spacial score (nSPS) is 10.8. The SMILES string of the molecule is Cn1ccc(C(=O)NCCN(CCNC(=O)c2ccn([O-])c(=O)c2)CCNC(=O)c2ccn(C)c(=O)c2O)c(O)c1=O. The number of hydrogen-bond acceptors (Lipinski definition) is 10. The first-order chi connectivity index (χ1) is 19.9. The first kappa shape index (κ1) is 31.2. The molecular weight excluding hydrogens is 554 g/mol. The van der Waals surface area contributed by atoms with Crippen molar-refractivity contribution in [2.45, 2.75) is 0 Å². The van der Waals surface area contributed by atoms with Crippen LogP contribution in [0.25, 0.3) is 0 Å². The van der Waals surface area contributed by atoms with Crippen molar-refractivity contribution in [3.05, 3.63) is 95.8 Å². The van der Waals surface area contributed by atoms with Crippen LogP contribution in [0.4, 0.5) is 0 Å². The van der Waals surface area contributed by atoms with Crippen molar-refractivity contribution in [1.82, 2.24) is 34.7 Å². The quantitative estimate of drug-likeness (QED) is 0.156. The van der Waals surface area contributed by atoms with Crippen LogP contribution in [0.2, 0.25) is 0 Å². The summed E-state index contributed by atoms with van der Waals surface area (Å²) in [5.41, 5.74) is -2.74. The molecule has 42 heavy (non-hydrogen) atoms. The zero-order valence-electron chi connectivity index (χ0n) is 22.8. The molecule has 0 atom stereocenters. The van der Waals surface area contributed by atoms with Crippen molar-refractivity contribution in [3.63, 3.8) is 0 Å². The minimum absolute atomic E-state index is 0.000740. The highest BCUT2D eigenvalue weighted by Crippen LogP contribution is 2.10. The summed E-state index contributed by atoms with van der Waals surface area (Å²) in [6.07, 6.45) is 3.61. The van der Waals surface area contributed by atoms with E-state index in [1.807, 2.05) is 0 Å². The molecule has 0 bridgehead atoms. The van der Waals surface area contributed by atoms with Crippen LogP contribution < -0.4 is 32.6 Å². The Morgan fingerprint density at radius 3 is 1.60 bits per heavy atom. The molecule has 0 radical (unpaired) electrons. The van der Waals surface area contributed by atoms with Crippen molar-refractivity contribution in [2.24, 2.45) is 14.1 Å². The largest absolute Gasteiger partial charge is 0.803 e. The molecular formula is C26H30N7O9-. The molecule has 3 heterocycles. The smallest absolute Gasteiger partial charge is 0.293 e. The maximum absolute atomic E-state index is 12.5. The monoisotopic (exact) mass is 584 g/mol. The number of rotatable bonds is 12. The van der Waals surface area contributed by atoms with Crippen molar-refractivity contribution in [3.8, 4) is 11.5 Å². The van der Waals surface area contributed by atoms with Gasteiger partial charge in [-0.15, -0.1) is 0 Å². The summed E-state index contributed by atoms with van der Waals surface area (Å²) >= 11 is 0. The van der Waals surface area contributed by atoms with Gasteiger partial charge in [0.25, 0.3) is 28.8 Å². The molecule has 3 amide bonds. The van der Waals surface area contributed by atoms with E-state index in [-0.39, 0.29) is 60.7 Å². The first-order valence-corrected chi connectivity index (χ1v) is 12.6. The summed E-state index contributed by atoms with van der Waals surface area (Å²) in [5, 5.41) is 39.0. The minimum Gasteiger partial charge on any atom is -0.803 e. The van der Waals surface area contributed by atoms with Gasteiger partial charge in [0.1, 0.15) is 0 Å². The van der Waals surface area contributed by atoms with Crippen LogP contribution in [0.15, 0.2) is 57.2 Å². The Morgan fingerprint density at radius 1 is 0.738 bits per heavy atom. The van der Waals surface area contributed by atoms with E-state index in [0.717, 1.165) is 21.4 Å². The standard InChI is InChI=1S/C26H30N7O9/c1-30-9-4-17(20(35)25(30)40)23(38)28-7-13-32(12-6-27-22(37)16-3-11-33(42)19(34)15-16)14-8-29-24(39)18-5-10-31(2)26(41)21(18)36/h3-5,9-11,15,35-36H,6-8,12-14H2,1-2H3,(H,27,37)(H,28,38)(H,29,39)/q-1. The molecule has 0 unspecified atom stereocenters. The number of pyridine rings is 3. The molecule has 3 rings (SSSR count). The molecule has 224 valence electrons. The van der Waals surface area contributed by atoms with E-state index in [0.29, 0.717) is 0 Å². The van der Waals surface area contributed by atoms with Gasteiger partial charge in [-0.05, 0) is 18.2 Å². The third-order valence-electron chi connectivity index (χ3n) is 6.26. The molecule has 0 aliphatic rings. The van der Waals surface area contributed by atoms with Gasteiger partial charge >= 0.3 is 0 Å². The fourth-order valence-corrected chi connectivity index (χ4v) is 3.81. The predicted molar refractivity (Wildman–Crippen MR) is 150 cm³/mol. The molecule has 0 aliphatic carbocycles. The lowest BCUT2D eigenvalue weighted by atomic mass is 10.2. The first-order valence-electron chi connectivity index (χ1n) is 12.6. The molecule has 16 nitrogen and oxygen atoms in total. The molecule has 0 fully saturated rings. The maximum Gasteiger partial charge on any atom is 0.293 e. The average molecular weight is 585 g/mol. The fourth-order valence-electron chi connectivity index (χ4n) is 3.81. The number of carbonyl (C=O) groups is 3. The predicted octanol–water partition coefficient (Wildman–Crippen LogP) is -2.11. The van der Waals surface area contributed by atoms with E-state index in [1.165, 1.54) is 44.7 Å². The van der Waals surface area contributed by atoms with Gasteiger partial charge in [0.05, 0.1) is 11.1 Å². The van der Waals surface area contributed by atoms with Crippen LogP contribution in [0.3, 0.4) is 0 Å². The van der Waals surface area contributed by atoms with E-state index in [9.17, 15) is 44.2 Å². The van der Waals surface area contributed by atoms with Gasteiger partial charge < -0.3 is 45.2 Å². The average Bonchev–Trinajstić information content (AvgIpc) is 2.95. The summed E-state index contributed by atoms with van der Waals surface area (Å²) in [6, 6.07) is 4.70. The molecule has 5 N–H and O–H groups in total. The number of nitrogens with one attached hydrogen (secondary N) is 3. The van der Waals surface area contributed by atoms with Gasteiger partial charge in [0, 0.05) is 83.6 Å². The second kappa shape index (κ2) is 13.8. The minimum atomic E-state index is -0.889. The molecule has 3 aromatic heterocycles. The van der Waals surface area contributed by atoms with Crippen LogP contribution in [0.1, 0.15) is 31.1 Å². The number of aromatic nitrogens is 3. The number of aromatic hydroxyl groups is 2. The van der Waals surface area contributed by atoms with Crippen molar-refractivity contribution < 1.29 is 24.6 Å². The lowest BCUT2D eigenvalue weighted by Gasteiger charge is -2.23. The number of nitrogens with zero attached hydrogens (tertiary/aromatic N) is 4. The highest BCUT2D eigenvalue weighted by molar-refractivity contribution is 5.97. The summed E-state index contributed by atoms with van der Waals surface area (Å²) < 4.78 is 2.33. The highest BCUT2D eigenvalue weighted by Gasteiger charge is 2.17. The van der Waals surface area contributed by atoms with Gasteiger partial charge in [-0.3, -0.25) is 33.7 Å². The van der Waals surface area contributed by atoms with Gasteiger partial charge in [-0.25, -0.2) is 0 Å². The van der Waals surface area contributed by atoms with E-state index in [1.54, 1.807) is 4.90 Å². The summed E-state index contributed by atoms with van der Waals surface area (Å²) in [4.78, 5) is 74.5. The Morgan fingerprint density at radius 2 is 1.17 bits per heavy atom. The lowest BCUT2D eigenvalue weighted by Crippen LogP contribution is -2.43. The molecule has 16 heteroatoms. The topological polar surface area (TPSA) is 220 Å². The van der Waals surface area contributed by atoms with Crippen molar-refractivity contribution in [2.75, 3.05) is 39.3 Å². The fraction of sp³-hybridized carbons (Fsp3) is 0.308. The van der Waals surface area contributed by atoms with E-state index in [4.69, 9.17) is 0 Å². The number of hydrogen-bond donors (Lipinski definition) is 5. The molecule has 0 saturated carbocycles. The lowest BCUT2D eigenvalue weighted by molar-refractivity contribution is 0.0944. The third-order valence-corrected chi connectivity index (χ3v) is 6.26. The van der Waals surface area contributed by atoms with Gasteiger partial charge in [0.2, 0.25) is 5.56 Å². The van der Waals surface area contributed by atoms with Crippen LogP contribution in [-0.4, -0.2) is 86.0 Å². The van der Waals surface area contributed by atoms with Gasteiger partial charge in [-0.2, -0.15) is 0 Å². The van der Waals surface area contributed by atoms with Crippen molar-refractivity contribution >= 4 is 17.7 Å². The second-order valence-corrected chi connectivity index (χ2v) is 9.18. The highest BCUT2D eigenvalue weighted by atomic mass is 16.5. The molecule has 0 saturated heterocycles. The van der Waals surface area contributed by atoms with Crippen LogP contribution >= 0.6 is 0 Å². The molecule has 0 aromatic carbocycles. The summed E-state index contributed by atoms with van der Waals surface area (Å²) in [5.74, 6) is -3.33. The van der Waals surface area contributed by atoms with Crippen LogP contribution in [0, 0.1) is 5.21 Å². The van der Waals surface area contributed by atoms with E-state index >= 15 is 0 Å². The molecule has 3 aromatic rings. The maximum atomic E-state index is 12.5. The summed E-state index contributed by atoms with van der Waals surface area (Å²) in [7, 11) is 2.85. The van der Waals surface area contributed by atoms with Crippen LogP contribution in [0.5, 0.6) is 11.5 Å². The van der Waals surface area contributed by atoms with Crippen LogP contribution in [-0.2, 0) is 14.1 Å². The number of amides is 3. The second-order valence-electron chi connectivity index (χ2n) is 9.18.